The second kappa shape index (κ2) is 7.46. The van der Waals surface area contributed by atoms with Crippen molar-refractivity contribution in [2.45, 2.75) is 12.1 Å². The van der Waals surface area contributed by atoms with Gasteiger partial charge in [-0.3, -0.25) is 9.78 Å². The Morgan fingerprint density at radius 1 is 1.25 bits per heavy atom. The van der Waals surface area contributed by atoms with Crippen LogP contribution in [0.25, 0.3) is 11.5 Å². The molecule has 1 N–H and O–H groups in total. The lowest BCUT2D eigenvalue weighted by Gasteiger charge is -2.07. The van der Waals surface area contributed by atoms with Crippen LogP contribution < -0.4 is 5.32 Å². The molecule has 0 bridgehead atoms. The third-order valence-electron chi connectivity index (χ3n) is 3.13. The van der Waals surface area contributed by atoms with Crippen molar-refractivity contribution in [1.82, 2.24) is 15.2 Å². The summed E-state index contributed by atoms with van der Waals surface area (Å²) in [7, 11) is 0. The number of anilines is 1. The maximum absolute atomic E-state index is 12.1. The standard InChI is InChI=1S/C16H13ClN4O2S/c1-10-2-3-12(17)8-13(10)19-14(22)9-24-16-21-20-15(23-16)11-4-6-18-7-5-11/h2-8H,9H2,1H3,(H,19,22). The summed E-state index contributed by atoms with van der Waals surface area (Å²) in [6.45, 7) is 1.90. The molecule has 1 amide bonds. The molecule has 0 aliphatic heterocycles. The zero-order chi connectivity index (χ0) is 16.9. The average Bonchev–Trinajstić information content (AvgIpc) is 3.06. The van der Waals surface area contributed by atoms with E-state index in [4.69, 9.17) is 16.0 Å². The van der Waals surface area contributed by atoms with Crippen LogP contribution in [0, 0.1) is 6.92 Å². The van der Waals surface area contributed by atoms with Gasteiger partial charge >= 0.3 is 0 Å². The third kappa shape index (κ3) is 4.12. The Morgan fingerprint density at radius 2 is 2.04 bits per heavy atom. The molecule has 0 saturated carbocycles. The van der Waals surface area contributed by atoms with Crippen LogP contribution in [-0.2, 0) is 4.79 Å². The smallest absolute Gasteiger partial charge is 0.277 e. The molecular weight excluding hydrogens is 348 g/mol. The summed E-state index contributed by atoms with van der Waals surface area (Å²) < 4.78 is 5.53. The molecule has 0 unspecified atom stereocenters. The number of nitrogens with zero attached hydrogens (tertiary/aromatic N) is 3. The maximum Gasteiger partial charge on any atom is 0.277 e. The van der Waals surface area contributed by atoms with E-state index in [0.29, 0.717) is 21.8 Å². The summed E-state index contributed by atoms with van der Waals surface area (Å²) in [5, 5.41) is 11.6. The van der Waals surface area contributed by atoms with Crippen LogP contribution in [0.2, 0.25) is 5.02 Å². The number of aryl methyl sites for hydroxylation is 1. The van der Waals surface area contributed by atoms with Crippen molar-refractivity contribution in [2.75, 3.05) is 11.1 Å². The zero-order valence-electron chi connectivity index (χ0n) is 12.7. The summed E-state index contributed by atoms with van der Waals surface area (Å²) in [4.78, 5) is 16.0. The highest BCUT2D eigenvalue weighted by molar-refractivity contribution is 7.99. The van der Waals surface area contributed by atoms with E-state index < -0.39 is 0 Å². The molecule has 0 saturated heterocycles. The minimum atomic E-state index is -0.172. The molecule has 0 atom stereocenters. The van der Waals surface area contributed by atoms with Crippen LogP contribution in [-0.4, -0.2) is 26.8 Å². The molecule has 3 rings (SSSR count). The Labute approximate surface area is 147 Å². The van der Waals surface area contributed by atoms with Gasteiger partial charge in [-0.05, 0) is 36.8 Å². The number of halogens is 1. The Morgan fingerprint density at radius 3 is 2.83 bits per heavy atom. The van der Waals surface area contributed by atoms with E-state index in [1.807, 2.05) is 13.0 Å². The fourth-order valence-electron chi connectivity index (χ4n) is 1.92. The summed E-state index contributed by atoms with van der Waals surface area (Å²) in [6.07, 6.45) is 3.29. The van der Waals surface area contributed by atoms with Gasteiger partial charge in [0.05, 0.1) is 5.75 Å². The molecule has 3 aromatic rings. The lowest BCUT2D eigenvalue weighted by molar-refractivity contribution is -0.113. The second-order valence-corrected chi connectivity index (χ2v) is 6.27. The number of hydrogen-bond acceptors (Lipinski definition) is 6. The van der Waals surface area contributed by atoms with E-state index >= 15 is 0 Å². The molecular formula is C16H13ClN4O2S. The summed E-state index contributed by atoms with van der Waals surface area (Å²) >= 11 is 7.11. The number of thioether (sulfide) groups is 1. The molecule has 24 heavy (non-hydrogen) atoms. The molecule has 0 fully saturated rings. The van der Waals surface area contributed by atoms with Gasteiger partial charge in [0.1, 0.15) is 0 Å². The first-order valence-electron chi connectivity index (χ1n) is 7.04. The van der Waals surface area contributed by atoms with Crippen molar-refractivity contribution < 1.29 is 9.21 Å². The van der Waals surface area contributed by atoms with Crippen LogP contribution in [0.4, 0.5) is 5.69 Å². The molecule has 0 spiro atoms. The number of carbonyl (C=O) groups excluding carboxylic acids is 1. The van der Waals surface area contributed by atoms with Gasteiger partial charge in [0.2, 0.25) is 11.8 Å². The molecule has 0 aliphatic carbocycles. The highest BCUT2D eigenvalue weighted by Gasteiger charge is 2.12. The van der Waals surface area contributed by atoms with Crippen molar-refractivity contribution >= 4 is 35.0 Å². The Bertz CT molecular complexity index is 854. The number of rotatable bonds is 5. The van der Waals surface area contributed by atoms with Gasteiger partial charge in [-0.2, -0.15) is 0 Å². The lowest BCUT2D eigenvalue weighted by atomic mass is 10.2. The first-order valence-corrected chi connectivity index (χ1v) is 8.41. The summed E-state index contributed by atoms with van der Waals surface area (Å²) in [5.74, 6) is 0.379. The van der Waals surface area contributed by atoms with Crippen LogP contribution in [0.1, 0.15) is 5.56 Å². The molecule has 1 aromatic carbocycles. The number of aromatic nitrogens is 3. The minimum Gasteiger partial charge on any atom is -0.411 e. The molecule has 8 heteroatoms. The first-order chi connectivity index (χ1) is 11.6. The highest BCUT2D eigenvalue weighted by atomic mass is 35.5. The highest BCUT2D eigenvalue weighted by Crippen LogP contribution is 2.24. The Balaban J connectivity index is 1.59. The third-order valence-corrected chi connectivity index (χ3v) is 4.19. The monoisotopic (exact) mass is 360 g/mol. The topological polar surface area (TPSA) is 80.9 Å². The maximum atomic E-state index is 12.1. The molecule has 2 heterocycles. The van der Waals surface area contributed by atoms with E-state index in [-0.39, 0.29) is 11.7 Å². The number of amides is 1. The summed E-state index contributed by atoms with van der Waals surface area (Å²) in [6, 6.07) is 8.89. The average molecular weight is 361 g/mol. The lowest BCUT2D eigenvalue weighted by Crippen LogP contribution is -2.14. The number of benzene rings is 1. The van der Waals surface area contributed by atoms with Crippen molar-refractivity contribution in [2.24, 2.45) is 0 Å². The summed E-state index contributed by atoms with van der Waals surface area (Å²) in [5.41, 5.74) is 2.41. The normalized spacial score (nSPS) is 10.6. The fourth-order valence-corrected chi connectivity index (χ4v) is 2.66. The van der Waals surface area contributed by atoms with Gasteiger partial charge in [-0.25, -0.2) is 0 Å². The number of pyridine rings is 1. The number of hydrogen-bond donors (Lipinski definition) is 1. The van der Waals surface area contributed by atoms with Crippen molar-refractivity contribution in [3.05, 3.63) is 53.3 Å². The van der Waals surface area contributed by atoms with Crippen molar-refractivity contribution in [3.8, 4) is 11.5 Å². The van der Waals surface area contributed by atoms with Gasteiger partial charge in [0.25, 0.3) is 5.22 Å². The van der Waals surface area contributed by atoms with Crippen LogP contribution >= 0.6 is 23.4 Å². The van der Waals surface area contributed by atoms with Gasteiger partial charge in [0.15, 0.2) is 0 Å². The van der Waals surface area contributed by atoms with Gasteiger partial charge < -0.3 is 9.73 Å². The van der Waals surface area contributed by atoms with E-state index in [2.05, 4.69) is 20.5 Å². The fraction of sp³-hybridized carbons (Fsp3) is 0.125. The second-order valence-electron chi connectivity index (χ2n) is 4.91. The molecule has 2 aromatic heterocycles. The molecule has 6 nitrogen and oxygen atoms in total. The van der Waals surface area contributed by atoms with Crippen molar-refractivity contribution in [3.63, 3.8) is 0 Å². The minimum absolute atomic E-state index is 0.157. The molecule has 122 valence electrons. The quantitative estimate of drug-likeness (QED) is 0.696. The molecule has 0 radical (unpaired) electrons. The number of carbonyl (C=O) groups is 1. The number of nitrogens with one attached hydrogen (secondary N) is 1. The van der Waals surface area contributed by atoms with E-state index in [1.54, 1.807) is 36.7 Å². The predicted octanol–water partition coefficient (Wildman–Crippen LogP) is 3.82. The van der Waals surface area contributed by atoms with Crippen LogP contribution in [0.15, 0.2) is 52.4 Å². The van der Waals surface area contributed by atoms with E-state index in [1.165, 1.54) is 11.8 Å². The SMILES string of the molecule is Cc1ccc(Cl)cc1NC(=O)CSc1nnc(-c2ccncc2)o1. The van der Waals surface area contributed by atoms with Crippen LogP contribution in [0.3, 0.4) is 0 Å². The Hall–Kier alpha value is -2.38. The Kier molecular flexibility index (Phi) is 5.12. The molecule has 0 aliphatic rings. The van der Waals surface area contributed by atoms with Gasteiger partial charge in [-0.15, -0.1) is 10.2 Å². The first kappa shape index (κ1) is 16.5. The van der Waals surface area contributed by atoms with Crippen LogP contribution in [0.5, 0.6) is 0 Å². The largest absolute Gasteiger partial charge is 0.411 e. The van der Waals surface area contributed by atoms with Gasteiger partial charge in [0, 0.05) is 28.7 Å². The van der Waals surface area contributed by atoms with E-state index in [9.17, 15) is 4.79 Å². The van der Waals surface area contributed by atoms with Crippen molar-refractivity contribution in [1.29, 1.82) is 0 Å². The van der Waals surface area contributed by atoms with E-state index in [0.717, 1.165) is 11.1 Å². The zero-order valence-corrected chi connectivity index (χ0v) is 14.3. The predicted molar refractivity (Wildman–Crippen MR) is 93.1 cm³/mol. The van der Waals surface area contributed by atoms with Gasteiger partial charge in [-0.1, -0.05) is 29.4 Å².